The number of ether oxygens (including phenoxy) is 1. The standard InChI is InChI=1S/C19H21ClN4O3/c1-22-17(14(10-21)18(25)23(2)19(22)26)24-9-5-6-13(11-24)12-27-16-8-4-3-7-15(16)20/h3-4,7-8,13H,5-6,9,11-12H2,1-2H3. The molecule has 142 valence electrons. The van der Waals surface area contributed by atoms with Crippen LogP contribution in [0.2, 0.25) is 5.02 Å². The van der Waals surface area contributed by atoms with Crippen molar-refractivity contribution in [3.63, 3.8) is 0 Å². The Morgan fingerprint density at radius 2 is 2.00 bits per heavy atom. The second-order valence-electron chi connectivity index (χ2n) is 6.71. The number of hydrogen-bond acceptors (Lipinski definition) is 5. The molecule has 1 unspecified atom stereocenters. The van der Waals surface area contributed by atoms with Crippen LogP contribution >= 0.6 is 11.6 Å². The van der Waals surface area contributed by atoms with Crippen molar-refractivity contribution in [3.05, 3.63) is 55.7 Å². The second kappa shape index (κ2) is 7.89. The van der Waals surface area contributed by atoms with E-state index in [2.05, 4.69) is 0 Å². The SMILES string of the molecule is Cn1c(N2CCCC(COc3ccccc3Cl)C2)c(C#N)c(=O)n(C)c1=O. The lowest BCUT2D eigenvalue weighted by atomic mass is 9.98. The molecule has 0 N–H and O–H groups in total. The lowest BCUT2D eigenvalue weighted by molar-refractivity contribution is 0.228. The predicted molar refractivity (Wildman–Crippen MR) is 104 cm³/mol. The van der Waals surface area contributed by atoms with Gasteiger partial charge < -0.3 is 9.64 Å². The molecule has 1 aliphatic rings. The molecule has 2 heterocycles. The smallest absolute Gasteiger partial charge is 0.332 e. The van der Waals surface area contributed by atoms with Crippen molar-refractivity contribution >= 4 is 17.4 Å². The number of nitriles is 1. The van der Waals surface area contributed by atoms with Crippen LogP contribution in [0, 0.1) is 17.2 Å². The molecule has 0 saturated carbocycles. The summed E-state index contributed by atoms with van der Waals surface area (Å²) in [6.07, 6.45) is 1.84. The third-order valence-corrected chi connectivity index (χ3v) is 5.19. The lowest BCUT2D eigenvalue weighted by Crippen LogP contribution is -2.46. The van der Waals surface area contributed by atoms with Crippen LogP contribution in [0.1, 0.15) is 18.4 Å². The number of anilines is 1. The molecule has 1 aliphatic heterocycles. The van der Waals surface area contributed by atoms with E-state index in [9.17, 15) is 14.9 Å². The van der Waals surface area contributed by atoms with E-state index in [0.717, 1.165) is 17.4 Å². The lowest BCUT2D eigenvalue weighted by Gasteiger charge is -2.35. The summed E-state index contributed by atoms with van der Waals surface area (Å²) >= 11 is 6.13. The van der Waals surface area contributed by atoms with Gasteiger partial charge in [-0.25, -0.2) is 4.79 Å². The van der Waals surface area contributed by atoms with Gasteiger partial charge in [0.15, 0.2) is 5.56 Å². The normalized spacial score (nSPS) is 16.8. The maximum atomic E-state index is 12.3. The Morgan fingerprint density at radius 3 is 2.70 bits per heavy atom. The van der Waals surface area contributed by atoms with Gasteiger partial charge in [0, 0.05) is 33.1 Å². The molecule has 0 aliphatic carbocycles. The summed E-state index contributed by atoms with van der Waals surface area (Å²) in [7, 11) is 2.97. The van der Waals surface area contributed by atoms with Crippen molar-refractivity contribution in [1.82, 2.24) is 9.13 Å². The van der Waals surface area contributed by atoms with Crippen molar-refractivity contribution < 1.29 is 4.74 Å². The highest BCUT2D eigenvalue weighted by Crippen LogP contribution is 2.27. The third-order valence-electron chi connectivity index (χ3n) is 4.88. The summed E-state index contributed by atoms with van der Waals surface area (Å²) in [4.78, 5) is 26.6. The fourth-order valence-corrected chi connectivity index (χ4v) is 3.65. The predicted octanol–water partition coefficient (Wildman–Crippen LogP) is 1.90. The van der Waals surface area contributed by atoms with E-state index in [1.165, 1.54) is 11.6 Å². The van der Waals surface area contributed by atoms with E-state index < -0.39 is 11.2 Å². The van der Waals surface area contributed by atoms with Crippen LogP contribution in [0.25, 0.3) is 0 Å². The van der Waals surface area contributed by atoms with Crippen LogP contribution in [-0.2, 0) is 14.1 Å². The van der Waals surface area contributed by atoms with Gasteiger partial charge in [-0.1, -0.05) is 23.7 Å². The molecule has 0 bridgehead atoms. The monoisotopic (exact) mass is 388 g/mol. The van der Waals surface area contributed by atoms with Gasteiger partial charge in [0.05, 0.1) is 11.6 Å². The molecule has 1 aromatic carbocycles. The highest BCUT2D eigenvalue weighted by atomic mass is 35.5. The molecule has 2 aromatic rings. The summed E-state index contributed by atoms with van der Waals surface area (Å²) in [5.41, 5.74) is -1.01. The minimum atomic E-state index is -0.565. The zero-order valence-electron chi connectivity index (χ0n) is 15.3. The fraction of sp³-hybridized carbons (Fsp3) is 0.421. The summed E-state index contributed by atoms with van der Waals surface area (Å²) in [5.74, 6) is 1.21. The molecule has 1 aromatic heterocycles. The third kappa shape index (κ3) is 3.71. The first-order valence-electron chi connectivity index (χ1n) is 8.76. The Bertz CT molecular complexity index is 1010. The molecular weight excluding hydrogens is 368 g/mol. The Morgan fingerprint density at radius 1 is 1.26 bits per heavy atom. The zero-order chi connectivity index (χ0) is 19.6. The zero-order valence-corrected chi connectivity index (χ0v) is 16.1. The topological polar surface area (TPSA) is 80.3 Å². The van der Waals surface area contributed by atoms with Gasteiger partial charge in [-0.3, -0.25) is 13.9 Å². The Kier molecular flexibility index (Phi) is 5.57. The first-order valence-corrected chi connectivity index (χ1v) is 9.14. The molecule has 1 atom stereocenters. The van der Waals surface area contributed by atoms with Crippen molar-refractivity contribution in [1.29, 1.82) is 5.26 Å². The Hall–Kier alpha value is -2.72. The molecule has 7 nitrogen and oxygen atoms in total. The average molecular weight is 389 g/mol. The number of para-hydroxylation sites is 1. The molecule has 8 heteroatoms. The van der Waals surface area contributed by atoms with Gasteiger partial charge in [0.25, 0.3) is 5.56 Å². The first kappa shape index (κ1) is 19.1. The van der Waals surface area contributed by atoms with Crippen molar-refractivity contribution in [2.45, 2.75) is 12.8 Å². The number of rotatable bonds is 4. The number of aromatic nitrogens is 2. The number of hydrogen-bond donors (Lipinski definition) is 0. The maximum absolute atomic E-state index is 12.3. The Balaban J connectivity index is 1.83. The van der Waals surface area contributed by atoms with Crippen LogP contribution in [-0.4, -0.2) is 28.8 Å². The molecule has 27 heavy (non-hydrogen) atoms. The quantitative estimate of drug-likeness (QED) is 0.799. The van der Waals surface area contributed by atoms with Crippen molar-refractivity contribution in [2.24, 2.45) is 20.0 Å². The highest BCUT2D eigenvalue weighted by Gasteiger charge is 2.26. The maximum Gasteiger partial charge on any atom is 0.332 e. The number of benzene rings is 1. The summed E-state index contributed by atoms with van der Waals surface area (Å²) < 4.78 is 8.19. The van der Waals surface area contributed by atoms with Gasteiger partial charge in [0.2, 0.25) is 0 Å². The van der Waals surface area contributed by atoms with Gasteiger partial charge in [-0.2, -0.15) is 5.26 Å². The van der Waals surface area contributed by atoms with Crippen LogP contribution in [0.5, 0.6) is 5.75 Å². The van der Waals surface area contributed by atoms with E-state index in [0.29, 0.717) is 36.3 Å². The molecule has 3 rings (SSSR count). The number of nitrogens with zero attached hydrogens (tertiary/aromatic N) is 4. The molecular formula is C19H21ClN4O3. The van der Waals surface area contributed by atoms with Crippen molar-refractivity contribution in [2.75, 3.05) is 24.6 Å². The van der Waals surface area contributed by atoms with E-state index in [4.69, 9.17) is 16.3 Å². The largest absolute Gasteiger partial charge is 0.492 e. The van der Waals surface area contributed by atoms with E-state index in [1.807, 2.05) is 29.2 Å². The van der Waals surface area contributed by atoms with Crippen molar-refractivity contribution in [3.8, 4) is 11.8 Å². The van der Waals surface area contributed by atoms with Crippen LogP contribution in [0.15, 0.2) is 33.9 Å². The summed E-state index contributed by atoms with van der Waals surface area (Å²) in [5, 5.41) is 10.0. The summed E-state index contributed by atoms with van der Waals surface area (Å²) in [6.45, 7) is 1.75. The fourth-order valence-electron chi connectivity index (χ4n) is 3.46. The van der Waals surface area contributed by atoms with Crippen LogP contribution in [0.3, 0.4) is 0 Å². The van der Waals surface area contributed by atoms with Crippen LogP contribution < -0.4 is 20.9 Å². The molecule has 1 saturated heterocycles. The molecule has 0 amide bonds. The number of piperidine rings is 1. The van der Waals surface area contributed by atoms with Gasteiger partial charge in [-0.15, -0.1) is 0 Å². The average Bonchev–Trinajstić information content (AvgIpc) is 2.68. The summed E-state index contributed by atoms with van der Waals surface area (Å²) in [6, 6.07) is 9.27. The minimum Gasteiger partial charge on any atom is -0.492 e. The van der Waals surface area contributed by atoms with Gasteiger partial charge in [-0.05, 0) is 25.0 Å². The molecule has 0 spiro atoms. The van der Waals surface area contributed by atoms with Gasteiger partial charge in [0.1, 0.15) is 17.6 Å². The first-order chi connectivity index (χ1) is 12.9. The number of halogens is 1. The van der Waals surface area contributed by atoms with E-state index >= 15 is 0 Å². The molecule has 0 radical (unpaired) electrons. The Labute approximate surface area is 162 Å². The van der Waals surface area contributed by atoms with Crippen LogP contribution in [0.4, 0.5) is 5.82 Å². The molecule has 1 fully saturated rings. The van der Waals surface area contributed by atoms with E-state index in [-0.39, 0.29) is 11.5 Å². The van der Waals surface area contributed by atoms with E-state index in [1.54, 1.807) is 13.1 Å². The minimum absolute atomic E-state index is 0.00716. The highest BCUT2D eigenvalue weighted by molar-refractivity contribution is 6.32. The van der Waals surface area contributed by atoms with Gasteiger partial charge >= 0.3 is 5.69 Å². The second-order valence-corrected chi connectivity index (χ2v) is 7.12.